The Labute approximate surface area is 201 Å². The van der Waals surface area contributed by atoms with Crippen molar-refractivity contribution in [3.05, 3.63) is 83.2 Å². The molecule has 0 saturated heterocycles. The van der Waals surface area contributed by atoms with E-state index < -0.39 is 12.1 Å². The Bertz CT molecular complexity index is 1310. The lowest BCUT2D eigenvalue weighted by Gasteiger charge is -2.24. The number of carboxylic acid groups (broad SMARTS) is 1. The number of carboxylic acids is 1. The summed E-state index contributed by atoms with van der Waals surface area (Å²) in [5.74, 6) is -1.44. The lowest BCUT2D eigenvalue weighted by atomic mass is 9.98. The van der Waals surface area contributed by atoms with Gasteiger partial charge in [-0.15, -0.1) is 0 Å². The Balaban J connectivity index is 1.27. The number of hydrogen-bond donors (Lipinski definition) is 2. The van der Waals surface area contributed by atoms with Crippen LogP contribution in [0.4, 0.5) is 10.5 Å². The van der Waals surface area contributed by atoms with Crippen molar-refractivity contribution in [3.8, 4) is 11.1 Å². The fourth-order valence-electron chi connectivity index (χ4n) is 4.68. The van der Waals surface area contributed by atoms with E-state index in [1.807, 2.05) is 36.4 Å². The van der Waals surface area contributed by atoms with Crippen molar-refractivity contribution in [3.63, 3.8) is 0 Å². The van der Waals surface area contributed by atoms with Gasteiger partial charge >= 0.3 is 12.1 Å². The van der Waals surface area contributed by atoms with Crippen molar-refractivity contribution >= 4 is 23.7 Å². The van der Waals surface area contributed by atoms with Crippen molar-refractivity contribution in [1.82, 2.24) is 14.7 Å². The average molecular weight is 473 g/mol. The summed E-state index contributed by atoms with van der Waals surface area (Å²) in [6.45, 7) is 0.581. The molecule has 0 spiro atoms. The Morgan fingerprint density at radius 1 is 1.09 bits per heavy atom. The molecule has 0 unspecified atom stereocenters. The number of carbonyl (C=O) groups is 3. The van der Waals surface area contributed by atoms with Gasteiger partial charge in [0.2, 0.25) is 0 Å². The van der Waals surface area contributed by atoms with Gasteiger partial charge in [0.15, 0.2) is 5.69 Å². The van der Waals surface area contributed by atoms with Crippen LogP contribution in [0.25, 0.3) is 11.1 Å². The summed E-state index contributed by atoms with van der Waals surface area (Å²) in [5.41, 5.74) is 5.09. The SMILES string of the molecule is Cn1cc(NC(=O)OCC2c3ccccc3-c3ccccc32)c(C(=O)N2CC=C(C(=O)O)CC2)n1. The second kappa shape index (κ2) is 9.09. The Kier molecular flexibility index (Phi) is 5.82. The Hall–Kier alpha value is -4.40. The number of nitrogens with one attached hydrogen (secondary N) is 1. The summed E-state index contributed by atoms with van der Waals surface area (Å²) in [7, 11) is 1.65. The molecule has 3 aromatic rings. The van der Waals surface area contributed by atoms with Crippen LogP contribution in [0.2, 0.25) is 0 Å². The summed E-state index contributed by atoms with van der Waals surface area (Å²) < 4.78 is 7.03. The van der Waals surface area contributed by atoms with Crippen LogP contribution in [-0.2, 0) is 16.6 Å². The number of benzene rings is 2. The molecule has 0 saturated carbocycles. The first-order chi connectivity index (χ1) is 16.9. The topological polar surface area (TPSA) is 114 Å². The van der Waals surface area contributed by atoms with Crippen LogP contribution in [-0.4, -0.2) is 57.5 Å². The van der Waals surface area contributed by atoms with Crippen LogP contribution in [0.15, 0.2) is 66.4 Å². The summed E-state index contributed by atoms with van der Waals surface area (Å²) in [4.78, 5) is 38.3. The standard InChI is InChI=1S/C26H24N4O5/c1-29-14-22(23(28-29)24(31)30-12-10-16(11-13-30)25(32)33)27-26(34)35-15-21-19-8-4-2-6-17(19)18-7-3-5-9-20(18)21/h2-10,14,21H,11-13,15H2,1H3,(H,27,34)(H,32,33). The van der Waals surface area contributed by atoms with Gasteiger partial charge in [0.1, 0.15) is 6.61 Å². The van der Waals surface area contributed by atoms with Gasteiger partial charge in [-0.05, 0) is 28.7 Å². The minimum atomic E-state index is -0.979. The third-order valence-electron chi connectivity index (χ3n) is 6.38. The minimum Gasteiger partial charge on any atom is -0.478 e. The van der Waals surface area contributed by atoms with E-state index in [0.717, 1.165) is 22.3 Å². The lowest BCUT2D eigenvalue weighted by molar-refractivity contribution is -0.133. The van der Waals surface area contributed by atoms with E-state index in [0.29, 0.717) is 0 Å². The van der Waals surface area contributed by atoms with E-state index in [1.165, 1.54) is 21.9 Å². The van der Waals surface area contributed by atoms with E-state index in [-0.39, 0.29) is 54.9 Å². The molecule has 1 aromatic heterocycles. The van der Waals surface area contributed by atoms with Gasteiger partial charge in [-0.3, -0.25) is 14.8 Å². The molecule has 2 aliphatic rings. The quantitative estimate of drug-likeness (QED) is 0.586. The van der Waals surface area contributed by atoms with Crippen molar-refractivity contribution in [2.75, 3.05) is 25.0 Å². The highest BCUT2D eigenvalue weighted by Crippen LogP contribution is 2.44. The number of nitrogens with zero attached hydrogens (tertiary/aromatic N) is 3. The summed E-state index contributed by atoms with van der Waals surface area (Å²) in [5, 5.41) is 16.0. The van der Waals surface area contributed by atoms with Crippen LogP contribution in [0.1, 0.15) is 34.0 Å². The van der Waals surface area contributed by atoms with E-state index in [4.69, 9.17) is 9.84 Å². The number of carbonyl (C=O) groups excluding carboxylic acids is 2. The van der Waals surface area contributed by atoms with Crippen molar-refractivity contribution in [2.24, 2.45) is 7.05 Å². The zero-order valence-electron chi connectivity index (χ0n) is 19.1. The summed E-state index contributed by atoms with van der Waals surface area (Å²) >= 11 is 0. The molecule has 5 rings (SSSR count). The summed E-state index contributed by atoms with van der Waals surface area (Å²) in [6.07, 6.45) is 2.63. The smallest absolute Gasteiger partial charge is 0.411 e. The molecule has 35 heavy (non-hydrogen) atoms. The van der Waals surface area contributed by atoms with Gasteiger partial charge in [-0.2, -0.15) is 5.10 Å². The van der Waals surface area contributed by atoms with Crippen LogP contribution in [0.3, 0.4) is 0 Å². The number of ether oxygens (including phenoxy) is 1. The monoisotopic (exact) mass is 472 g/mol. The Morgan fingerprint density at radius 2 is 1.74 bits per heavy atom. The van der Waals surface area contributed by atoms with Crippen LogP contribution in [0, 0.1) is 0 Å². The van der Waals surface area contributed by atoms with Crippen molar-refractivity contribution in [2.45, 2.75) is 12.3 Å². The number of fused-ring (bicyclic) bond motifs is 3. The number of aryl methyl sites for hydroxylation is 1. The maximum absolute atomic E-state index is 13.0. The number of aliphatic carboxylic acids is 1. The molecule has 178 valence electrons. The number of rotatable bonds is 5. The molecule has 1 aliphatic heterocycles. The fraction of sp³-hybridized carbons (Fsp3) is 0.231. The first-order valence-corrected chi connectivity index (χ1v) is 11.3. The van der Waals surface area contributed by atoms with Crippen molar-refractivity contribution in [1.29, 1.82) is 0 Å². The highest BCUT2D eigenvalue weighted by atomic mass is 16.5. The molecular weight excluding hydrogens is 448 g/mol. The maximum atomic E-state index is 13.0. The Morgan fingerprint density at radius 3 is 2.34 bits per heavy atom. The van der Waals surface area contributed by atoms with Crippen molar-refractivity contribution < 1.29 is 24.2 Å². The second-order valence-electron chi connectivity index (χ2n) is 8.55. The molecule has 2 N–H and O–H groups in total. The predicted molar refractivity (Wildman–Crippen MR) is 128 cm³/mol. The third-order valence-corrected chi connectivity index (χ3v) is 6.38. The highest BCUT2D eigenvalue weighted by molar-refractivity contribution is 6.01. The number of aromatic nitrogens is 2. The zero-order chi connectivity index (χ0) is 24.5. The molecule has 2 heterocycles. The molecule has 0 radical (unpaired) electrons. The molecule has 0 fully saturated rings. The second-order valence-corrected chi connectivity index (χ2v) is 8.55. The summed E-state index contributed by atoms with van der Waals surface area (Å²) in [6, 6.07) is 16.2. The third kappa shape index (κ3) is 4.28. The van der Waals surface area contributed by atoms with E-state index in [1.54, 1.807) is 7.05 Å². The van der Waals surface area contributed by atoms with Gasteiger partial charge in [-0.25, -0.2) is 9.59 Å². The van der Waals surface area contributed by atoms with Gasteiger partial charge in [0, 0.05) is 37.8 Å². The van der Waals surface area contributed by atoms with Gasteiger partial charge in [-0.1, -0.05) is 54.6 Å². The first kappa shape index (κ1) is 22.4. The molecule has 1 aliphatic carbocycles. The normalized spacial score (nSPS) is 14.7. The highest BCUT2D eigenvalue weighted by Gasteiger charge is 2.30. The van der Waals surface area contributed by atoms with Gasteiger partial charge in [0.05, 0.1) is 5.69 Å². The van der Waals surface area contributed by atoms with Crippen LogP contribution >= 0.6 is 0 Å². The molecular formula is C26H24N4O5. The zero-order valence-corrected chi connectivity index (χ0v) is 19.1. The van der Waals surface area contributed by atoms with E-state index in [9.17, 15) is 14.4 Å². The predicted octanol–water partition coefficient (Wildman–Crippen LogP) is 3.64. The molecule has 2 amide bonds. The lowest BCUT2D eigenvalue weighted by Crippen LogP contribution is -2.36. The molecule has 9 heteroatoms. The van der Waals surface area contributed by atoms with Gasteiger partial charge < -0.3 is 14.7 Å². The molecule has 2 aromatic carbocycles. The average Bonchev–Trinajstić information content (AvgIpc) is 3.39. The number of anilines is 1. The minimum absolute atomic E-state index is 0.0770. The molecule has 0 atom stereocenters. The number of amides is 2. The molecule has 0 bridgehead atoms. The molecule has 9 nitrogen and oxygen atoms in total. The number of hydrogen-bond acceptors (Lipinski definition) is 5. The van der Waals surface area contributed by atoms with E-state index >= 15 is 0 Å². The van der Waals surface area contributed by atoms with Crippen LogP contribution < -0.4 is 5.32 Å². The fourth-order valence-corrected chi connectivity index (χ4v) is 4.68. The first-order valence-electron chi connectivity index (χ1n) is 11.3. The van der Waals surface area contributed by atoms with Gasteiger partial charge in [0.25, 0.3) is 5.91 Å². The largest absolute Gasteiger partial charge is 0.478 e. The van der Waals surface area contributed by atoms with Crippen LogP contribution in [0.5, 0.6) is 0 Å². The van der Waals surface area contributed by atoms with E-state index in [2.05, 4.69) is 22.5 Å². The maximum Gasteiger partial charge on any atom is 0.411 e.